The van der Waals surface area contributed by atoms with E-state index in [4.69, 9.17) is 0 Å². The van der Waals surface area contributed by atoms with Gasteiger partial charge in [-0.05, 0) is 32.0 Å². The largest absolute Gasteiger partial charge is 0.508 e. The molecular formula is C12H15F6N3O3S. The van der Waals surface area contributed by atoms with E-state index in [1.165, 1.54) is 17.4 Å². The van der Waals surface area contributed by atoms with Gasteiger partial charge >= 0.3 is 12.4 Å². The van der Waals surface area contributed by atoms with E-state index in [0.717, 1.165) is 19.1 Å². The zero-order chi connectivity index (χ0) is 19.7. The van der Waals surface area contributed by atoms with Crippen LogP contribution >= 0.6 is 0 Å². The summed E-state index contributed by atoms with van der Waals surface area (Å²) in [6, 6.07) is 4.28. The molecule has 0 spiro atoms. The van der Waals surface area contributed by atoms with Crippen LogP contribution in [0.25, 0.3) is 0 Å². The van der Waals surface area contributed by atoms with E-state index in [9.17, 15) is 39.9 Å². The molecule has 1 rings (SSSR count). The lowest BCUT2D eigenvalue weighted by Crippen LogP contribution is -2.69. The van der Waals surface area contributed by atoms with Gasteiger partial charge < -0.3 is 5.11 Å². The number of nitrogens with one attached hydrogen (secondary N) is 3. The second-order valence-electron chi connectivity index (χ2n) is 5.23. The minimum Gasteiger partial charge on any atom is -0.508 e. The van der Waals surface area contributed by atoms with E-state index >= 15 is 0 Å². The van der Waals surface area contributed by atoms with Crippen LogP contribution in [-0.2, 0) is 10.0 Å². The zero-order valence-electron chi connectivity index (χ0n) is 12.8. The highest BCUT2D eigenvalue weighted by Crippen LogP contribution is 2.42. The van der Waals surface area contributed by atoms with E-state index in [0.29, 0.717) is 0 Å². The lowest BCUT2D eigenvalue weighted by atomic mass is 10.0. The van der Waals surface area contributed by atoms with Crippen molar-refractivity contribution >= 4 is 10.0 Å². The van der Waals surface area contributed by atoms with E-state index in [1.54, 1.807) is 4.83 Å². The van der Waals surface area contributed by atoms with Crippen LogP contribution in [-0.4, -0.2) is 37.6 Å². The second kappa shape index (κ2) is 6.97. The molecule has 13 heteroatoms. The highest BCUT2D eigenvalue weighted by Gasteiger charge is 2.68. The molecule has 0 saturated heterocycles. The van der Waals surface area contributed by atoms with Gasteiger partial charge in [0, 0.05) is 0 Å². The highest BCUT2D eigenvalue weighted by molar-refractivity contribution is 7.89. The quantitative estimate of drug-likeness (QED) is 0.336. The van der Waals surface area contributed by atoms with Gasteiger partial charge in [0.15, 0.2) is 0 Å². The number of halogens is 6. The van der Waals surface area contributed by atoms with Gasteiger partial charge in [-0.1, -0.05) is 6.07 Å². The molecular weight excluding hydrogens is 380 g/mol. The Kier molecular flexibility index (Phi) is 5.99. The van der Waals surface area contributed by atoms with Crippen molar-refractivity contribution in [3.05, 3.63) is 24.3 Å². The number of rotatable bonds is 6. The van der Waals surface area contributed by atoms with Crippen molar-refractivity contribution in [3.8, 4) is 5.75 Å². The predicted octanol–water partition coefficient (Wildman–Crippen LogP) is 1.99. The lowest BCUT2D eigenvalue weighted by molar-refractivity contribution is -0.304. The summed E-state index contributed by atoms with van der Waals surface area (Å²) in [5, 5.41) is 10.5. The third-order valence-corrected chi connectivity index (χ3v) is 4.44. The number of benzene rings is 1. The molecule has 0 amide bonds. The van der Waals surface area contributed by atoms with Crippen LogP contribution in [0, 0.1) is 0 Å². The van der Waals surface area contributed by atoms with Crippen LogP contribution in [0.4, 0.5) is 26.3 Å². The molecule has 1 unspecified atom stereocenters. The molecule has 6 nitrogen and oxygen atoms in total. The molecule has 0 aliphatic heterocycles. The van der Waals surface area contributed by atoms with Crippen LogP contribution < -0.4 is 15.6 Å². The Hall–Kier alpha value is -1.57. The molecule has 1 aromatic carbocycles. The number of aromatic hydroxyl groups is 1. The molecule has 0 saturated carbocycles. The summed E-state index contributed by atoms with van der Waals surface area (Å²) in [6.07, 6.45) is -13.1. The normalized spacial score (nSPS) is 15.2. The van der Waals surface area contributed by atoms with Gasteiger partial charge in [0.2, 0.25) is 5.54 Å². The Balaban J connectivity index is 2.87. The van der Waals surface area contributed by atoms with E-state index in [1.807, 2.05) is 5.43 Å². The minimum atomic E-state index is -5.68. The number of hydrazine groups is 1. The fraction of sp³-hybridized carbons (Fsp3) is 0.500. The number of alkyl halides is 6. The van der Waals surface area contributed by atoms with Gasteiger partial charge in [-0.3, -0.25) is 5.32 Å². The molecule has 0 radical (unpaired) electrons. The maximum Gasteiger partial charge on any atom is 0.415 e. The van der Waals surface area contributed by atoms with Crippen LogP contribution in [0.2, 0.25) is 0 Å². The Labute approximate surface area is 139 Å². The molecule has 0 fully saturated rings. The summed E-state index contributed by atoms with van der Waals surface area (Å²) in [7, 11) is -4.33. The van der Waals surface area contributed by atoms with Crippen molar-refractivity contribution in [1.29, 1.82) is 0 Å². The van der Waals surface area contributed by atoms with Crippen molar-refractivity contribution in [2.45, 2.75) is 42.8 Å². The topological polar surface area (TPSA) is 90.5 Å². The second-order valence-corrected chi connectivity index (χ2v) is 6.92. The van der Waals surface area contributed by atoms with E-state index in [2.05, 4.69) is 0 Å². The molecule has 25 heavy (non-hydrogen) atoms. The maximum atomic E-state index is 12.8. The molecule has 0 aliphatic rings. The smallest absolute Gasteiger partial charge is 0.415 e. The average molecular weight is 395 g/mol. The number of hydrogen-bond acceptors (Lipinski definition) is 5. The van der Waals surface area contributed by atoms with Crippen LogP contribution in [0.3, 0.4) is 0 Å². The predicted molar refractivity (Wildman–Crippen MR) is 74.7 cm³/mol. The number of sulfonamides is 1. The molecule has 0 bridgehead atoms. The molecule has 0 heterocycles. The Morgan fingerprint density at radius 2 is 1.60 bits per heavy atom. The summed E-state index contributed by atoms with van der Waals surface area (Å²) < 4.78 is 100. The summed E-state index contributed by atoms with van der Waals surface area (Å²) in [5.41, 5.74) is -2.45. The van der Waals surface area contributed by atoms with Crippen LogP contribution in [0.15, 0.2) is 29.2 Å². The fourth-order valence-corrected chi connectivity index (χ4v) is 2.65. The van der Waals surface area contributed by atoms with Crippen LogP contribution in [0.5, 0.6) is 5.75 Å². The third-order valence-electron chi connectivity index (χ3n) is 3.18. The lowest BCUT2D eigenvalue weighted by Gasteiger charge is -2.37. The van der Waals surface area contributed by atoms with E-state index in [-0.39, 0.29) is 6.92 Å². The van der Waals surface area contributed by atoms with Gasteiger partial charge in [0.1, 0.15) is 5.75 Å². The average Bonchev–Trinajstić information content (AvgIpc) is 2.43. The van der Waals surface area contributed by atoms with Gasteiger partial charge in [-0.15, -0.1) is 4.83 Å². The molecule has 0 aliphatic carbocycles. The van der Waals surface area contributed by atoms with Crippen LogP contribution in [0.1, 0.15) is 13.8 Å². The van der Waals surface area contributed by atoms with Gasteiger partial charge in [-0.25, -0.2) is 13.8 Å². The van der Waals surface area contributed by atoms with Crippen molar-refractivity contribution in [1.82, 2.24) is 15.6 Å². The fourth-order valence-electron chi connectivity index (χ4n) is 1.67. The van der Waals surface area contributed by atoms with Crippen molar-refractivity contribution in [3.63, 3.8) is 0 Å². The van der Waals surface area contributed by atoms with Gasteiger partial charge in [-0.2, -0.15) is 26.3 Å². The molecule has 1 atom stereocenters. The number of phenols is 1. The molecule has 1 aromatic rings. The number of phenolic OH excluding ortho intramolecular Hbond substituents is 1. The molecule has 0 aromatic heterocycles. The monoisotopic (exact) mass is 395 g/mol. The van der Waals surface area contributed by atoms with Crippen molar-refractivity contribution in [2.75, 3.05) is 0 Å². The van der Waals surface area contributed by atoms with Gasteiger partial charge in [0.25, 0.3) is 10.0 Å². The molecule has 4 N–H and O–H groups in total. The first-order valence-corrected chi connectivity index (χ1v) is 8.06. The Bertz CT molecular complexity index is 691. The SMILES string of the molecule is CC(NNS(=O)(=O)c1cccc(O)c1)NC(C)(C(F)(F)F)C(F)(F)F. The summed E-state index contributed by atoms with van der Waals surface area (Å²) in [4.78, 5) is 1.20. The first kappa shape index (κ1) is 21.5. The Morgan fingerprint density at radius 1 is 1.08 bits per heavy atom. The van der Waals surface area contributed by atoms with Crippen molar-refractivity contribution < 1.29 is 39.9 Å². The summed E-state index contributed by atoms with van der Waals surface area (Å²) in [6.45, 7) is 0.760. The molecule has 144 valence electrons. The summed E-state index contributed by atoms with van der Waals surface area (Å²) >= 11 is 0. The highest BCUT2D eigenvalue weighted by atomic mass is 32.2. The third kappa shape index (κ3) is 4.96. The first-order valence-electron chi connectivity index (χ1n) is 6.58. The first-order chi connectivity index (χ1) is 11.1. The minimum absolute atomic E-state index is 0.102. The van der Waals surface area contributed by atoms with E-state index < -0.39 is 44.7 Å². The van der Waals surface area contributed by atoms with Gasteiger partial charge in [0.05, 0.1) is 11.1 Å². The Morgan fingerprint density at radius 3 is 2.04 bits per heavy atom. The van der Waals surface area contributed by atoms with Crippen molar-refractivity contribution in [2.24, 2.45) is 0 Å². The standard InChI is InChI=1S/C12H15F6N3O3S/c1-7(19-10(2,11(13,14)15)12(16,17)18)20-21-25(23,24)9-5-3-4-8(22)6-9/h3-7,19-22H,1-2H3. The number of hydrogen-bond donors (Lipinski definition) is 4. The zero-order valence-corrected chi connectivity index (χ0v) is 13.6. The maximum absolute atomic E-state index is 12.8. The summed E-state index contributed by atoms with van der Waals surface area (Å²) in [5.74, 6) is -0.393.